The quantitative estimate of drug-likeness (QED) is 0.588. The fourth-order valence-electron chi connectivity index (χ4n) is 0.626. The summed E-state index contributed by atoms with van der Waals surface area (Å²) in [4.78, 5) is 22.6. The van der Waals surface area contributed by atoms with Crippen LogP contribution in [0.5, 0.6) is 0 Å². The Hall–Kier alpha value is -1.10. The summed E-state index contributed by atoms with van der Waals surface area (Å²) < 4.78 is 0. The van der Waals surface area contributed by atoms with Crippen LogP contribution in [0, 0.1) is 0 Å². The Bertz CT molecular complexity index is 179. The summed E-state index contributed by atoms with van der Waals surface area (Å²) >= 11 is 0. The van der Waals surface area contributed by atoms with Gasteiger partial charge in [0.1, 0.15) is 6.04 Å². The molecule has 0 bridgehead atoms. The zero-order valence-corrected chi connectivity index (χ0v) is 7.28. The van der Waals surface area contributed by atoms with E-state index in [4.69, 9.17) is 10.8 Å². The predicted molar refractivity (Wildman–Crippen MR) is 43.5 cm³/mol. The van der Waals surface area contributed by atoms with Gasteiger partial charge >= 0.3 is 5.97 Å². The van der Waals surface area contributed by atoms with Crippen molar-refractivity contribution < 1.29 is 14.7 Å². The van der Waals surface area contributed by atoms with E-state index >= 15 is 0 Å². The minimum atomic E-state index is -1.07. The van der Waals surface area contributed by atoms with E-state index in [1.54, 1.807) is 14.1 Å². The SMILES string of the molecule is CN(C)C(=O)CC[C@H](N)C(=O)O. The van der Waals surface area contributed by atoms with Crippen molar-refractivity contribution in [2.45, 2.75) is 18.9 Å². The second-order valence-corrected chi connectivity index (χ2v) is 2.77. The molecule has 70 valence electrons. The van der Waals surface area contributed by atoms with E-state index in [0.717, 1.165) is 0 Å². The smallest absolute Gasteiger partial charge is 0.320 e. The maximum atomic E-state index is 10.9. The predicted octanol–water partition coefficient (Wildman–Crippen LogP) is -0.733. The van der Waals surface area contributed by atoms with Gasteiger partial charge in [0.05, 0.1) is 0 Å². The number of hydrogen-bond acceptors (Lipinski definition) is 3. The number of carboxylic acids is 1. The summed E-state index contributed by atoms with van der Waals surface area (Å²) in [6.07, 6.45) is 0.368. The van der Waals surface area contributed by atoms with Crippen molar-refractivity contribution in [3.63, 3.8) is 0 Å². The first-order chi connectivity index (χ1) is 5.45. The number of rotatable bonds is 4. The Morgan fingerprint density at radius 3 is 2.33 bits per heavy atom. The van der Waals surface area contributed by atoms with Gasteiger partial charge in [-0.15, -0.1) is 0 Å². The average molecular weight is 174 g/mol. The molecule has 5 nitrogen and oxygen atoms in total. The van der Waals surface area contributed by atoms with E-state index in [9.17, 15) is 9.59 Å². The van der Waals surface area contributed by atoms with Crippen molar-refractivity contribution in [1.82, 2.24) is 4.90 Å². The van der Waals surface area contributed by atoms with E-state index in [-0.39, 0.29) is 18.7 Å². The zero-order chi connectivity index (χ0) is 9.72. The van der Waals surface area contributed by atoms with Crippen molar-refractivity contribution in [3.8, 4) is 0 Å². The molecule has 3 N–H and O–H groups in total. The van der Waals surface area contributed by atoms with Gasteiger partial charge in [0.25, 0.3) is 0 Å². The molecule has 1 atom stereocenters. The largest absolute Gasteiger partial charge is 0.480 e. The Morgan fingerprint density at radius 1 is 1.50 bits per heavy atom. The summed E-state index contributed by atoms with van der Waals surface area (Å²) in [7, 11) is 3.24. The Balaban J connectivity index is 3.69. The lowest BCUT2D eigenvalue weighted by Crippen LogP contribution is -2.32. The van der Waals surface area contributed by atoms with Crippen LogP contribution in [0.3, 0.4) is 0 Å². The molecule has 0 spiro atoms. The Kier molecular flexibility index (Phi) is 4.28. The second-order valence-electron chi connectivity index (χ2n) is 2.77. The summed E-state index contributed by atoms with van der Waals surface area (Å²) in [5, 5.41) is 8.38. The van der Waals surface area contributed by atoms with E-state index in [2.05, 4.69) is 0 Å². The first-order valence-corrected chi connectivity index (χ1v) is 3.63. The third-order valence-corrected chi connectivity index (χ3v) is 1.49. The van der Waals surface area contributed by atoms with E-state index in [0.29, 0.717) is 0 Å². The Morgan fingerprint density at radius 2 is 2.00 bits per heavy atom. The lowest BCUT2D eigenvalue weighted by Gasteiger charge is -2.10. The minimum Gasteiger partial charge on any atom is -0.480 e. The van der Waals surface area contributed by atoms with Gasteiger partial charge in [-0.3, -0.25) is 9.59 Å². The lowest BCUT2D eigenvalue weighted by molar-refractivity contribution is -0.138. The highest BCUT2D eigenvalue weighted by Crippen LogP contribution is 1.97. The fourth-order valence-corrected chi connectivity index (χ4v) is 0.626. The van der Waals surface area contributed by atoms with Crippen LogP contribution in [-0.4, -0.2) is 42.0 Å². The maximum Gasteiger partial charge on any atom is 0.320 e. The molecule has 0 aliphatic carbocycles. The number of aliphatic carboxylic acids is 1. The molecule has 0 aromatic heterocycles. The standard InChI is InChI=1S/C7H14N2O3/c1-9(2)6(10)4-3-5(8)7(11)12/h5H,3-4,8H2,1-2H3,(H,11,12)/t5-/m0/s1. The van der Waals surface area contributed by atoms with Crippen molar-refractivity contribution >= 4 is 11.9 Å². The van der Waals surface area contributed by atoms with Gasteiger partial charge in [-0.05, 0) is 6.42 Å². The molecule has 0 heterocycles. The molecular formula is C7H14N2O3. The third-order valence-electron chi connectivity index (χ3n) is 1.49. The maximum absolute atomic E-state index is 10.9. The molecule has 0 rings (SSSR count). The molecule has 0 aromatic carbocycles. The van der Waals surface area contributed by atoms with Crippen LogP contribution < -0.4 is 5.73 Å². The molecule has 1 amide bonds. The van der Waals surface area contributed by atoms with E-state index < -0.39 is 12.0 Å². The average Bonchev–Trinajstić information content (AvgIpc) is 1.98. The number of hydrogen-bond donors (Lipinski definition) is 2. The summed E-state index contributed by atoms with van der Waals surface area (Å²) in [5.74, 6) is -1.17. The highest BCUT2D eigenvalue weighted by atomic mass is 16.4. The molecule has 0 unspecified atom stereocenters. The van der Waals surface area contributed by atoms with Crippen LogP contribution in [0.4, 0.5) is 0 Å². The van der Waals surface area contributed by atoms with Crippen LogP contribution in [0.25, 0.3) is 0 Å². The van der Waals surface area contributed by atoms with Crippen LogP contribution in [-0.2, 0) is 9.59 Å². The van der Waals surface area contributed by atoms with Gasteiger partial charge in [-0.25, -0.2) is 0 Å². The molecule has 0 aliphatic heterocycles. The van der Waals surface area contributed by atoms with Gasteiger partial charge in [0.15, 0.2) is 0 Å². The summed E-state index contributed by atoms with van der Waals surface area (Å²) in [6, 6.07) is -0.936. The molecule has 12 heavy (non-hydrogen) atoms. The molecule has 5 heteroatoms. The van der Waals surface area contributed by atoms with Crippen LogP contribution in [0.15, 0.2) is 0 Å². The monoisotopic (exact) mass is 174 g/mol. The lowest BCUT2D eigenvalue weighted by atomic mass is 10.1. The molecule has 0 radical (unpaired) electrons. The molecule has 0 saturated heterocycles. The van der Waals surface area contributed by atoms with Gasteiger partial charge in [0.2, 0.25) is 5.91 Å². The highest BCUT2D eigenvalue weighted by Gasteiger charge is 2.13. The molecule has 0 saturated carbocycles. The van der Waals surface area contributed by atoms with Crippen LogP contribution in [0.1, 0.15) is 12.8 Å². The summed E-state index contributed by atoms with van der Waals surface area (Å²) in [5.41, 5.74) is 5.19. The number of carbonyl (C=O) groups is 2. The second kappa shape index (κ2) is 4.71. The third kappa shape index (κ3) is 3.92. The summed E-state index contributed by atoms with van der Waals surface area (Å²) in [6.45, 7) is 0. The number of carboxylic acid groups (broad SMARTS) is 1. The van der Waals surface area contributed by atoms with E-state index in [1.807, 2.05) is 0 Å². The number of nitrogens with two attached hydrogens (primary N) is 1. The first-order valence-electron chi connectivity index (χ1n) is 3.63. The fraction of sp³-hybridized carbons (Fsp3) is 0.714. The van der Waals surface area contributed by atoms with Crippen LogP contribution >= 0.6 is 0 Å². The van der Waals surface area contributed by atoms with Crippen molar-refractivity contribution in [3.05, 3.63) is 0 Å². The van der Waals surface area contributed by atoms with Crippen molar-refractivity contribution in [2.75, 3.05) is 14.1 Å². The minimum absolute atomic E-state index is 0.105. The highest BCUT2D eigenvalue weighted by molar-refractivity contribution is 5.78. The Labute approximate surface area is 71.1 Å². The van der Waals surface area contributed by atoms with Gasteiger partial charge in [-0.1, -0.05) is 0 Å². The van der Waals surface area contributed by atoms with Crippen molar-refractivity contribution in [1.29, 1.82) is 0 Å². The molecule has 0 fully saturated rings. The van der Waals surface area contributed by atoms with E-state index in [1.165, 1.54) is 4.90 Å². The van der Waals surface area contributed by atoms with Crippen molar-refractivity contribution in [2.24, 2.45) is 5.73 Å². The van der Waals surface area contributed by atoms with Crippen LogP contribution in [0.2, 0.25) is 0 Å². The first kappa shape index (κ1) is 10.9. The zero-order valence-electron chi connectivity index (χ0n) is 7.28. The van der Waals surface area contributed by atoms with Gasteiger partial charge < -0.3 is 15.7 Å². The number of nitrogens with zero attached hydrogens (tertiary/aromatic N) is 1. The number of carbonyl (C=O) groups excluding carboxylic acids is 1. The molecular weight excluding hydrogens is 160 g/mol. The normalized spacial score (nSPS) is 12.2. The topological polar surface area (TPSA) is 83.6 Å². The molecule has 0 aromatic rings. The van der Waals surface area contributed by atoms with Gasteiger partial charge in [-0.2, -0.15) is 0 Å². The van der Waals surface area contributed by atoms with Gasteiger partial charge in [0, 0.05) is 20.5 Å². The number of amides is 1. The molecule has 0 aliphatic rings.